The average Bonchev–Trinajstić information content (AvgIpc) is 2.53. The molecule has 22 heavy (non-hydrogen) atoms. The fourth-order valence-electron chi connectivity index (χ4n) is 2.56. The molecule has 5 nitrogen and oxygen atoms in total. The molecule has 1 aliphatic rings. The molecule has 5 heteroatoms. The third-order valence-electron chi connectivity index (χ3n) is 4.08. The van der Waals surface area contributed by atoms with Crippen molar-refractivity contribution in [1.29, 1.82) is 0 Å². The summed E-state index contributed by atoms with van der Waals surface area (Å²) in [4.78, 5) is 11.9. The molecule has 0 N–H and O–H groups in total. The highest BCUT2D eigenvalue weighted by Crippen LogP contribution is 2.29. The standard InChI is InChI=1S/C17H24O5/c1-12-13(2)17(18)22-15(16(12)21-11-19-3)10-20-9-14-7-5-4-6-8-14/h4-8,12-13,15-16H,9-11H2,1-3H3/t12-,13-,15-,16+/m0/s1. The van der Waals surface area contributed by atoms with Gasteiger partial charge in [0.1, 0.15) is 12.9 Å². The van der Waals surface area contributed by atoms with Crippen LogP contribution in [0.5, 0.6) is 0 Å². The van der Waals surface area contributed by atoms with Gasteiger partial charge in [-0.3, -0.25) is 4.79 Å². The van der Waals surface area contributed by atoms with Crippen molar-refractivity contribution in [2.75, 3.05) is 20.5 Å². The van der Waals surface area contributed by atoms with E-state index in [9.17, 15) is 4.79 Å². The van der Waals surface area contributed by atoms with E-state index in [0.29, 0.717) is 13.2 Å². The summed E-state index contributed by atoms with van der Waals surface area (Å²) in [6.45, 7) is 4.82. The summed E-state index contributed by atoms with van der Waals surface area (Å²) >= 11 is 0. The first-order valence-corrected chi connectivity index (χ1v) is 7.56. The summed E-state index contributed by atoms with van der Waals surface area (Å²) in [5.74, 6) is -0.327. The van der Waals surface area contributed by atoms with Gasteiger partial charge in [-0.2, -0.15) is 0 Å². The largest absolute Gasteiger partial charge is 0.457 e. The lowest BCUT2D eigenvalue weighted by molar-refractivity contribution is -0.206. The van der Waals surface area contributed by atoms with Crippen LogP contribution in [0.4, 0.5) is 0 Å². The van der Waals surface area contributed by atoms with Gasteiger partial charge < -0.3 is 18.9 Å². The maximum Gasteiger partial charge on any atom is 0.309 e. The Morgan fingerprint density at radius 1 is 1.18 bits per heavy atom. The van der Waals surface area contributed by atoms with Crippen LogP contribution >= 0.6 is 0 Å². The number of ether oxygens (including phenoxy) is 4. The lowest BCUT2D eigenvalue weighted by Gasteiger charge is -2.38. The molecular formula is C17H24O5. The fraction of sp³-hybridized carbons (Fsp3) is 0.588. The number of cyclic esters (lactones) is 1. The summed E-state index contributed by atoms with van der Waals surface area (Å²) in [5.41, 5.74) is 1.08. The van der Waals surface area contributed by atoms with E-state index in [1.165, 1.54) is 0 Å². The molecule has 4 atom stereocenters. The average molecular weight is 308 g/mol. The molecule has 122 valence electrons. The normalized spacial score (nSPS) is 28.4. The Bertz CT molecular complexity index is 461. The SMILES string of the molecule is COCO[C@@H]1[C@@H](C)[C@H](C)C(=O)O[C@H]1COCc1ccccc1. The molecule has 0 radical (unpaired) electrons. The van der Waals surface area contributed by atoms with E-state index >= 15 is 0 Å². The summed E-state index contributed by atoms with van der Waals surface area (Å²) in [6, 6.07) is 9.89. The number of esters is 1. The maximum absolute atomic E-state index is 11.9. The summed E-state index contributed by atoms with van der Waals surface area (Å²) in [6.07, 6.45) is -0.624. The summed E-state index contributed by atoms with van der Waals surface area (Å²) in [7, 11) is 1.57. The lowest BCUT2D eigenvalue weighted by atomic mass is 9.85. The van der Waals surface area contributed by atoms with Gasteiger partial charge in [0.15, 0.2) is 6.10 Å². The monoisotopic (exact) mass is 308 g/mol. The van der Waals surface area contributed by atoms with Crippen molar-refractivity contribution in [2.24, 2.45) is 11.8 Å². The van der Waals surface area contributed by atoms with Crippen LogP contribution in [0.15, 0.2) is 30.3 Å². The van der Waals surface area contributed by atoms with Crippen molar-refractivity contribution in [2.45, 2.75) is 32.7 Å². The van der Waals surface area contributed by atoms with Gasteiger partial charge in [-0.15, -0.1) is 0 Å². The van der Waals surface area contributed by atoms with Crippen LogP contribution in [0.3, 0.4) is 0 Å². The number of carbonyl (C=O) groups excluding carboxylic acids is 1. The van der Waals surface area contributed by atoms with Gasteiger partial charge in [-0.05, 0) is 11.5 Å². The molecule has 1 aromatic carbocycles. The number of rotatable bonds is 7. The van der Waals surface area contributed by atoms with Gasteiger partial charge in [0.2, 0.25) is 0 Å². The molecule has 0 amide bonds. The van der Waals surface area contributed by atoms with Crippen LogP contribution in [0, 0.1) is 11.8 Å². The van der Waals surface area contributed by atoms with Crippen molar-refractivity contribution >= 4 is 5.97 Å². The molecule has 1 aromatic rings. The van der Waals surface area contributed by atoms with Crippen molar-refractivity contribution in [3.8, 4) is 0 Å². The highest BCUT2D eigenvalue weighted by Gasteiger charge is 2.42. The van der Waals surface area contributed by atoms with Crippen LogP contribution in [0.1, 0.15) is 19.4 Å². The third-order valence-corrected chi connectivity index (χ3v) is 4.08. The number of hydrogen-bond acceptors (Lipinski definition) is 5. The Labute approximate surface area is 131 Å². The number of methoxy groups -OCH3 is 1. The molecule has 0 unspecified atom stereocenters. The Balaban J connectivity index is 1.91. The molecule has 0 saturated carbocycles. The topological polar surface area (TPSA) is 54.0 Å². The Morgan fingerprint density at radius 3 is 2.59 bits per heavy atom. The van der Waals surface area contributed by atoms with Crippen molar-refractivity contribution in [3.63, 3.8) is 0 Å². The predicted molar refractivity (Wildman–Crippen MR) is 81.1 cm³/mol. The zero-order chi connectivity index (χ0) is 15.9. The first-order valence-electron chi connectivity index (χ1n) is 7.56. The van der Waals surface area contributed by atoms with Gasteiger partial charge in [0, 0.05) is 7.11 Å². The van der Waals surface area contributed by atoms with Crippen LogP contribution in [0.25, 0.3) is 0 Å². The molecule has 1 aliphatic heterocycles. The number of benzene rings is 1. The molecule has 0 spiro atoms. The second kappa shape index (κ2) is 8.27. The zero-order valence-electron chi connectivity index (χ0n) is 13.4. The van der Waals surface area contributed by atoms with Gasteiger partial charge in [0.05, 0.1) is 19.1 Å². The van der Waals surface area contributed by atoms with Crippen molar-refractivity contribution in [3.05, 3.63) is 35.9 Å². The van der Waals surface area contributed by atoms with Crippen LogP contribution in [-0.2, 0) is 30.3 Å². The van der Waals surface area contributed by atoms with E-state index in [1.807, 2.05) is 44.2 Å². The molecule has 1 heterocycles. The van der Waals surface area contributed by atoms with E-state index in [2.05, 4.69) is 0 Å². The van der Waals surface area contributed by atoms with E-state index in [1.54, 1.807) is 7.11 Å². The van der Waals surface area contributed by atoms with E-state index in [-0.39, 0.29) is 30.7 Å². The smallest absolute Gasteiger partial charge is 0.309 e. The molecular weight excluding hydrogens is 284 g/mol. The highest BCUT2D eigenvalue weighted by molar-refractivity contribution is 5.73. The lowest BCUT2D eigenvalue weighted by Crippen LogP contribution is -2.50. The van der Waals surface area contributed by atoms with Gasteiger partial charge in [0.25, 0.3) is 0 Å². The first-order chi connectivity index (χ1) is 10.6. The highest BCUT2D eigenvalue weighted by atomic mass is 16.7. The van der Waals surface area contributed by atoms with E-state index in [4.69, 9.17) is 18.9 Å². The second-order valence-corrected chi connectivity index (χ2v) is 5.66. The molecule has 0 bridgehead atoms. The van der Waals surface area contributed by atoms with Gasteiger partial charge >= 0.3 is 5.97 Å². The first kappa shape index (κ1) is 16.9. The van der Waals surface area contributed by atoms with Crippen molar-refractivity contribution in [1.82, 2.24) is 0 Å². The summed E-state index contributed by atoms with van der Waals surface area (Å²) < 4.78 is 21.8. The zero-order valence-corrected chi connectivity index (χ0v) is 13.4. The summed E-state index contributed by atoms with van der Waals surface area (Å²) in [5, 5.41) is 0. The predicted octanol–water partition coefficient (Wildman–Crippen LogP) is 2.39. The Kier molecular flexibility index (Phi) is 6.36. The van der Waals surface area contributed by atoms with Gasteiger partial charge in [-0.1, -0.05) is 44.2 Å². The van der Waals surface area contributed by atoms with E-state index < -0.39 is 6.10 Å². The third kappa shape index (κ3) is 4.29. The maximum atomic E-state index is 11.9. The minimum absolute atomic E-state index is 0.0572. The van der Waals surface area contributed by atoms with Crippen LogP contribution in [-0.4, -0.2) is 38.7 Å². The fourth-order valence-corrected chi connectivity index (χ4v) is 2.56. The minimum atomic E-state index is -0.405. The Morgan fingerprint density at radius 2 is 1.91 bits per heavy atom. The molecule has 1 fully saturated rings. The van der Waals surface area contributed by atoms with Crippen LogP contribution < -0.4 is 0 Å². The molecule has 0 aromatic heterocycles. The second-order valence-electron chi connectivity index (χ2n) is 5.66. The Hall–Kier alpha value is -1.43. The molecule has 2 rings (SSSR count). The molecule has 1 saturated heterocycles. The van der Waals surface area contributed by atoms with Crippen molar-refractivity contribution < 1.29 is 23.7 Å². The quantitative estimate of drug-likeness (QED) is 0.572. The number of hydrogen-bond donors (Lipinski definition) is 0. The number of carbonyl (C=O) groups is 1. The minimum Gasteiger partial charge on any atom is -0.457 e. The van der Waals surface area contributed by atoms with Gasteiger partial charge in [-0.25, -0.2) is 0 Å². The van der Waals surface area contributed by atoms with E-state index in [0.717, 1.165) is 5.56 Å². The van der Waals surface area contributed by atoms with Crippen LogP contribution in [0.2, 0.25) is 0 Å². The molecule has 0 aliphatic carbocycles.